The van der Waals surface area contributed by atoms with Crippen LogP contribution in [0.5, 0.6) is 5.75 Å². The summed E-state index contributed by atoms with van der Waals surface area (Å²) in [5.41, 5.74) is 2.29. The third-order valence-corrected chi connectivity index (χ3v) is 2.74. The van der Waals surface area contributed by atoms with E-state index in [-0.39, 0.29) is 6.42 Å². The highest BCUT2D eigenvalue weighted by Gasteiger charge is 2.12. The minimum absolute atomic E-state index is 0.0438. The summed E-state index contributed by atoms with van der Waals surface area (Å²) < 4.78 is 6.87. The fourth-order valence-electron chi connectivity index (χ4n) is 1.78. The molecule has 0 saturated carbocycles. The van der Waals surface area contributed by atoms with Crippen molar-refractivity contribution in [2.75, 3.05) is 7.11 Å². The van der Waals surface area contributed by atoms with Crippen molar-refractivity contribution >= 4 is 5.97 Å². The van der Waals surface area contributed by atoms with Gasteiger partial charge < -0.3 is 14.4 Å². The molecule has 0 radical (unpaired) electrons. The first-order chi connectivity index (χ1) is 8.61. The van der Waals surface area contributed by atoms with Crippen molar-refractivity contribution < 1.29 is 14.6 Å². The van der Waals surface area contributed by atoms with Crippen LogP contribution in [0.4, 0.5) is 0 Å². The first-order valence-electron chi connectivity index (χ1n) is 5.51. The SMILES string of the molecule is COc1ccc(-n2cnc(C)c2CC(=O)O)cc1. The Morgan fingerprint density at radius 1 is 1.39 bits per heavy atom. The van der Waals surface area contributed by atoms with Crippen LogP contribution in [-0.4, -0.2) is 27.7 Å². The highest BCUT2D eigenvalue weighted by atomic mass is 16.5. The minimum atomic E-state index is -0.867. The number of hydrogen-bond donors (Lipinski definition) is 1. The van der Waals surface area contributed by atoms with Gasteiger partial charge in [-0.3, -0.25) is 4.79 Å². The molecule has 0 spiro atoms. The number of aromatic nitrogens is 2. The number of carbonyl (C=O) groups is 1. The Morgan fingerprint density at radius 2 is 2.06 bits per heavy atom. The summed E-state index contributed by atoms with van der Waals surface area (Å²) in [6.45, 7) is 1.80. The van der Waals surface area contributed by atoms with Crippen LogP contribution in [0.15, 0.2) is 30.6 Å². The van der Waals surface area contributed by atoms with Gasteiger partial charge in [0.1, 0.15) is 5.75 Å². The second-order valence-electron chi connectivity index (χ2n) is 3.92. The number of aryl methyl sites for hydroxylation is 1. The Morgan fingerprint density at radius 3 is 2.61 bits per heavy atom. The number of hydrogen-bond acceptors (Lipinski definition) is 3. The normalized spacial score (nSPS) is 10.3. The largest absolute Gasteiger partial charge is 0.497 e. The van der Waals surface area contributed by atoms with Crippen LogP contribution in [-0.2, 0) is 11.2 Å². The number of carboxylic acid groups (broad SMARTS) is 1. The topological polar surface area (TPSA) is 64.4 Å². The maximum absolute atomic E-state index is 10.8. The third-order valence-electron chi connectivity index (χ3n) is 2.74. The number of rotatable bonds is 4. The van der Waals surface area contributed by atoms with E-state index in [9.17, 15) is 4.79 Å². The lowest BCUT2D eigenvalue weighted by Gasteiger charge is -2.08. The first kappa shape index (κ1) is 12.2. The van der Waals surface area contributed by atoms with Gasteiger partial charge in [0.25, 0.3) is 0 Å². The van der Waals surface area contributed by atoms with Crippen molar-refractivity contribution in [2.24, 2.45) is 0 Å². The van der Waals surface area contributed by atoms with Gasteiger partial charge in [-0.25, -0.2) is 4.98 Å². The molecule has 1 aromatic carbocycles. The van der Waals surface area contributed by atoms with Gasteiger partial charge in [-0.1, -0.05) is 0 Å². The van der Waals surface area contributed by atoms with Crippen molar-refractivity contribution in [3.05, 3.63) is 42.0 Å². The molecule has 0 fully saturated rings. The average Bonchev–Trinajstić information content (AvgIpc) is 2.71. The zero-order valence-corrected chi connectivity index (χ0v) is 10.3. The maximum atomic E-state index is 10.8. The highest BCUT2D eigenvalue weighted by Crippen LogP contribution is 2.18. The van der Waals surface area contributed by atoms with E-state index in [0.717, 1.165) is 17.1 Å². The number of nitrogens with zero attached hydrogens (tertiary/aromatic N) is 2. The van der Waals surface area contributed by atoms with Crippen LogP contribution >= 0.6 is 0 Å². The summed E-state index contributed by atoms with van der Waals surface area (Å²) in [5.74, 6) is -0.108. The van der Waals surface area contributed by atoms with Crippen molar-refractivity contribution in [3.63, 3.8) is 0 Å². The number of imidazole rings is 1. The second kappa shape index (κ2) is 4.91. The molecule has 94 valence electrons. The van der Waals surface area contributed by atoms with E-state index in [4.69, 9.17) is 9.84 Å². The van der Waals surface area contributed by atoms with E-state index >= 15 is 0 Å². The zero-order valence-electron chi connectivity index (χ0n) is 10.3. The van der Waals surface area contributed by atoms with Crippen LogP contribution in [0.25, 0.3) is 5.69 Å². The summed E-state index contributed by atoms with van der Waals surface area (Å²) in [6.07, 6.45) is 1.59. The maximum Gasteiger partial charge on any atom is 0.309 e. The van der Waals surface area contributed by atoms with Gasteiger partial charge in [0.05, 0.1) is 31.2 Å². The fraction of sp³-hybridized carbons (Fsp3) is 0.231. The zero-order chi connectivity index (χ0) is 13.1. The second-order valence-corrected chi connectivity index (χ2v) is 3.92. The molecule has 0 bridgehead atoms. The van der Waals surface area contributed by atoms with E-state index < -0.39 is 5.97 Å². The van der Waals surface area contributed by atoms with E-state index in [1.165, 1.54) is 0 Å². The van der Waals surface area contributed by atoms with Crippen molar-refractivity contribution in [1.82, 2.24) is 9.55 Å². The predicted octanol–water partition coefficient (Wildman–Crippen LogP) is 1.82. The molecule has 0 amide bonds. The molecule has 0 aliphatic rings. The number of ether oxygens (including phenoxy) is 1. The molecule has 0 aliphatic heterocycles. The molecule has 5 nitrogen and oxygen atoms in total. The molecule has 18 heavy (non-hydrogen) atoms. The smallest absolute Gasteiger partial charge is 0.309 e. The molecule has 0 aliphatic carbocycles. The molecule has 2 aromatic rings. The first-order valence-corrected chi connectivity index (χ1v) is 5.51. The lowest BCUT2D eigenvalue weighted by Crippen LogP contribution is -2.07. The van der Waals surface area contributed by atoms with Gasteiger partial charge in [0.15, 0.2) is 0 Å². The average molecular weight is 246 g/mol. The summed E-state index contributed by atoms with van der Waals surface area (Å²) >= 11 is 0. The Labute approximate surface area is 105 Å². The Bertz CT molecular complexity index is 558. The highest BCUT2D eigenvalue weighted by molar-refractivity contribution is 5.70. The standard InChI is InChI=1S/C13H14N2O3/c1-9-12(7-13(16)17)15(8-14-9)10-3-5-11(18-2)6-4-10/h3-6,8H,7H2,1-2H3,(H,16,17). The molecular formula is C13H14N2O3. The molecule has 0 saturated heterocycles. The summed E-state index contributed by atoms with van der Waals surface area (Å²) in [4.78, 5) is 15.0. The number of methoxy groups -OCH3 is 1. The molecule has 0 unspecified atom stereocenters. The predicted molar refractivity (Wildman–Crippen MR) is 66.2 cm³/mol. The van der Waals surface area contributed by atoms with Crippen molar-refractivity contribution in [2.45, 2.75) is 13.3 Å². The Balaban J connectivity index is 2.40. The number of carboxylic acids is 1. The Kier molecular flexibility index (Phi) is 3.32. The lowest BCUT2D eigenvalue weighted by atomic mass is 10.2. The number of aliphatic carboxylic acids is 1. The van der Waals surface area contributed by atoms with E-state index in [2.05, 4.69) is 4.98 Å². The van der Waals surface area contributed by atoms with E-state index in [1.807, 2.05) is 24.3 Å². The quantitative estimate of drug-likeness (QED) is 0.893. The molecule has 1 N–H and O–H groups in total. The van der Waals surface area contributed by atoms with Crippen molar-refractivity contribution in [3.8, 4) is 11.4 Å². The summed E-state index contributed by atoms with van der Waals surface area (Å²) in [7, 11) is 1.60. The van der Waals surface area contributed by atoms with Crippen LogP contribution in [0, 0.1) is 6.92 Å². The fourth-order valence-corrected chi connectivity index (χ4v) is 1.78. The van der Waals surface area contributed by atoms with Gasteiger partial charge in [0, 0.05) is 5.69 Å². The van der Waals surface area contributed by atoms with Gasteiger partial charge in [-0.15, -0.1) is 0 Å². The van der Waals surface area contributed by atoms with Gasteiger partial charge in [0.2, 0.25) is 0 Å². The van der Waals surface area contributed by atoms with E-state index in [0.29, 0.717) is 5.69 Å². The van der Waals surface area contributed by atoms with Crippen molar-refractivity contribution in [1.29, 1.82) is 0 Å². The molecule has 2 rings (SSSR count). The third kappa shape index (κ3) is 2.34. The molecule has 5 heteroatoms. The minimum Gasteiger partial charge on any atom is -0.497 e. The van der Waals surface area contributed by atoms with Crippen LogP contribution < -0.4 is 4.74 Å². The lowest BCUT2D eigenvalue weighted by molar-refractivity contribution is -0.136. The van der Waals surface area contributed by atoms with Gasteiger partial charge in [-0.05, 0) is 31.2 Å². The van der Waals surface area contributed by atoms with Gasteiger partial charge in [-0.2, -0.15) is 0 Å². The molecule has 1 heterocycles. The van der Waals surface area contributed by atoms with Crippen LogP contribution in [0.3, 0.4) is 0 Å². The van der Waals surface area contributed by atoms with Gasteiger partial charge >= 0.3 is 5.97 Å². The van der Waals surface area contributed by atoms with Crippen LogP contribution in [0.1, 0.15) is 11.4 Å². The number of benzene rings is 1. The molecular weight excluding hydrogens is 232 g/mol. The molecule has 1 aromatic heterocycles. The monoisotopic (exact) mass is 246 g/mol. The molecule has 0 atom stereocenters. The Hall–Kier alpha value is -2.30. The van der Waals surface area contributed by atoms with E-state index in [1.54, 1.807) is 24.9 Å². The van der Waals surface area contributed by atoms with Crippen LogP contribution in [0.2, 0.25) is 0 Å². The summed E-state index contributed by atoms with van der Waals surface area (Å²) in [6, 6.07) is 7.39. The summed E-state index contributed by atoms with van der Waals surface area (Å²) in [5, 5.41) is 8.90.